The van der Waals surface area contributed by atoms with Crippen LogP contribution in [0, 0.1) is 5.82 Å². The molecule has 0 aliphatic carbocycles. The first-order valence-corrected chi connectivity index (χ1v) is 13.5. The second kappa shape index (κ2) is 14.1. The third kappa shape index (κ3) is 8.41. The number of carbonyl (C=O) groups is 1. The largest absolute Gasteiger partial charge is 0.394 e. The summed E-state index contributed by atoms with van der Waals surface area (Å²) in [5.41, 5.74) is 5.63. The smallest absolute Gasteiger partial charge is 0.253 e. The topological polar surface area (TPSA) is 178 Å². The number of amides is 1. The molecular weight excluding hydrogens is 587 g/mol. The van der Waals surface area contributed by atoms with E-state index in [0.29, 0.717) is 16.8 Å². The number of nitrogens with two attached hydrogens (primary N) is 1. The van der Waals surface area contributed by atoms with Crippen LogP contribution < -0.4 is 21.1 Å². The molecule has 2 aromatic carbocycles. The monoisotopic (exact) mass is 612 g/mol. The Bertz CT molecular complexity index is 1350. The molecule has 0 radical (unpaired) electrons. The lowest BCUT2D eigenvalue weighted by Gasteiger charge is -2.13. The van der Waals surface area contributed by atoms with Gasteiger partial charge in [-0.1, -0.05) is 6.07 Å². The van der Waals surface area contributed by atoms with Gasteiger partial charge in [-0.25, -0.2) is 22.5 Å². The van der Waals surface area contributed by atoms with Crippen LogP contribution in [0.2, 0.25) is 0 Å². The van der Waals surface area contributed by atoms with Gasteiger partial charge in [0.1, 0.15) is 11.6 Å². The van der Waals surface area contributed by atoms with E-state index in [2.05, 4.69) is 41.3 Å². The lowest BCUT2D eigenvalue weighted by molar-refractivity contribution is 0.0348. The summed E-state index contributed by atoms with van der Waals surface area (Å²) in [4.78, 5) is 20.2. The van der Waals surface area contributed by atoms with Gasteiger partial charge in [0.05, 0.1) is 53.7 Å². The summed E-state index contributed by atoms with van der Waals surface area (Å²) >= 11 is 3.31. The van der Waals surface area contributed by atoms with Crippen molar-refractivity contribution in [3.63, 3.8) is 0 Å². The molecule has 3 aromatic rings. The predicted octanol–water partition coefficient (Wildman–Crippen LogP) is 2.27. The summed E-state index contributed by atoms with van der Waals surface area (Å²) in [5.74, 6) is -1.32. The molecule has 3 rings (SSSR count). The first kappa shape index (κ1) is 29.3. The Labute approximate surface area is 227 Å². The molecule has 0 saturated heterocycles. The van der Waals surface area contributed by atoms with Gasteiger partial charge in [-0.15, -0.1) is 0 Å². The van der Waals surface area contributed by atoms with E-state index < -0.39 is 21.7 Å². The van der Waals surface area contributed by atoms with Gasteiger partial charge in [-0.05, 0) is 52.3 Å². The van der Waals surface area contributed by atoms with Crippen LogP contribution in [0.25, 0.3) is 0 Å². The molecule has 1 heterocycles. The van der Waals surface area contributed by atoms with Crippen LogP contribution in [0.1, 0.15) is 10.4 Å². The predicted molar refractivity (Wildman–Crippen MR) is 142 cm³/mol. The number of ether oxygens (including phenoxy) is 2. The minimum atomic E-state index is -3.75. The minimum Gasteiger partial charge on any atom is -0.394 e. The number of carbonyl (C=O) groups excluding carboxylic acids is 1. The minimum absolute atomic E-state index is 0.0542. The molecule has 0 spiro atoms. The van der Waals surface area contributed by atoms with Crippen LogP contribution >= 0.6 is 15.9 Å². The number of benzene rings is 2. The molecule has 12 nitrogen and oxygen atoms in total. The van der Waals surface area contributed by atoms with Gasteiger partial charge in [0, 0.05) is 18.4 Å². The number of hydrogen-bond donors (Lipinski definition) is 5. The lowest BCUT2D eigenvalue weighted by Crippen LogP contribution is -2.27. The van der Waals surface area contributed by atoms with E-state index in [1.54, 1.807) is 12.1 Å². The van der Waals surface area contributed by atoms with Crippen molar-refractivity contribution < 1.29 is 32.2 Å². The first-order chi connectivity index (χ1) is 18.2. The fourth-order valence-corrected chi connectivity index (χ4v) is 4.39. The highest BCUT2D eigenvalue weighted by Gasteiger charge is 2.16. The van der Waals surface area contributed by atoms with E-state index in [0.717, 1.165) is 6.07 Å². The maximum Gasteiger partial charge on any atom is 0.253 e. The summed E-state index contributed by atoms with van der Waals surface area (Å²) in [6.07, 6.45) is 1.45. The molecular formula is C23H26BrFN6O6S. The standard InChI is InChI=1S/C23H26BrFN6O6S/c24-17-14-27-23(31-22(17)30-19-3-1-2-18(25)20(19)21(26)33)29-15-4-6-16(7-5-15)38(34,35)28-8-10-36-12-13-37-11-9-32/h1-7,14,28,32H,8-13H2,(H2,26,33)(H2,27,29,30,31). The highest BCUT2D eigenvalue weighted by molar-refractivity contribution is 9.10. The van der Waals surface area contributed by atoms with Gasteiger partial charge in [0.15, 0.2) is 0 Å². The Kier molecular flexibility index (Phi) is 10.9. The van der Waals surface area contributed by atoms with Crippen LogP contribution in [0.3, 0.4) is 0 Å². The van der Waals surface area contributed by atoms with Crippen molar-refractivity contribution in [1.29, 1.82) is 0 Å². The molecule has 0 fully saturated rings. The summed E-state index contributed by atoms with van der Waals surface area (Å²) in [7, 11) is -3.75. The van der Waals surface area contributed by atoms with E-state index in [1.807, 2.05) is 0 Å². The fraction of sp³-hybridized carbons (Fsp3) is 0.261. The van der Waals surface area contributed by atoms with Crippen molar-refractivity contribution in [2.75, 3.05) is 50.2 Å². The van der Waals surface area contributed by atoms with Crippen molar-refractivity contribution in [2.24, 2.45) is 5.73 Å². The van der Waals surface area contributed by atoms with E-state index in [1.165, 1.54) is 30.5 Å². The third-order valence-corrected chi connectivity index (χ3v) is 6.88. The summed E-state index contributed by atoms with van der Waals surface area (Å²) in [6, 6.07) is 9.94. The van der Waals surface area contributed by atoms with Gasteiger partial charge in [-0.2, -0.15) is 4.98 Å². The number of primary amides is 1. The van der Waals surface area contributed by atoms with Gasteiger partial charge in [0.2, 0.25) is 16.0 Å². The third-order valence-electron chi connectivity index (χ3n) is 4.82. The Balaban J connectivity index is 1.60. The Morgan fingerprint density at radius 3 is 2.45 bits per heavy atom. The molecule has 0 bridgehead atoms. The molecule has 0 atom stereocenters. The lowest BCUT2D eigenvalue weighted by atomic mass is 10.1. The number of aromatic nitrogens is 2. The number of nitrogens with one attached hydrogen (secondary N) is 3. The van der Waals surface area contributed by atoms with Crippen molar-refractivity contribution in [3.8, 4) is 0 Å². The molecule has 6 N–H and O–H groups in total. The number of halogens is 2. The van der Waals surface area contributed by atoms with Crippen molar-refractivity contribution in [1.82, 2.24) is 14.7 Å². The van der Waals surface area contributed by atoms with Gasteiger partial charge in [0.25, 0.3) is 5.91 Å². The van der Waals surface area contributed by atoms with Crippen molar-refractivity contribution in [3.05, 3.63) is 64.5 Å². The molecule has 1 aromatic heterocycles. The SMILES string of the molecule is NC(=O)c1c(F)cccc1Nc1nc(Nc2ccc(S(=O)(=O)NCCOCCOCCO)cc2)ncc1Br. The zero-order valence-corrected chi connectivity index (χ0v) is 22.4. The Hall–Kier alpha value is -3.21. The van der Waals surface area contributed by atoms with Crippen molar-refractivity contribution >= 4 is 55.0 Å². The maximum atomic E-state index is 14.1. The molecule has 0 aliphatic heterocycles. The average Bonchev–Trinajstić information content (AvgIpc) is 2.88. The maximum absolute atomic E-state index is 14.1. The Morgan fingerprint density at radius 1 is 1.05 bits per heavy atom. The highest BCUT2D eigenvalue weighted by atomic mass is 79.9. The summed E-state index contributed by atoms with van der Waals surface area (Å²) in [6.45, 7) is 0.979. The molecule has 0 aliphatic rings. The second-order valence-electron chi connectivity index (χ2n) is 7.54. The molecule has 0 unspecified atom stereocenters. The zero-order valence-electron chi connectivity index (χ0n) is 20.0. The average molecular weight is 613 g/mol. The van der Waals surface area contributed by atoms with Crippen LogP contribution in [-0.2, 0) is 19.5 Å². The van der Waals surface area contributed by atoms with E-state index in [9.17, 15) is 17.6 Å². The number of anilines is 4. The zero-order chi connectivity index (χ0) is 27.5. The molecule has 1 amide bonds. The molecule has 204 valence electrons. The van der Waals surface area contributed by atoms with Gasteiger partial charge >= 0.3 is 0 Å². The van der Waals surface area contributed by atoms with E-state index in [4.69, 9.17) is 20.3 Å². The fourth-order valence-electron chi connectivity index (χ4n) is 3.09. The number of hydrogen-bond acceptors (Lipinski definition) is 10. The number of nitrogens with zero attached hydrogens (tertiary/aromatic N) is 2. The highest BCUT2D eigenvalue weighted by Crippen LogP contribution is 2.28. The quantitative estimate of drug-likeness (QED) is 0.160. The summed E-state index contributed by atoms with van der Waals surface area (Å²) in [5, 5.41) is 14.4. The van der Waals surface area contributed by atoms with Crippen LogP contribution in [0.15, 0.2) is 58.0 Å². The number of aliphatic hydroxyl groups is 1. The van der Waals surface area contributed by atoms with Crippen LogP contribution in [0.4, 0.5) is 27.5 Å². The molecule has 38 heavy (non-hydrogen) atoms. The number of aliphatic hydroxyl groups excluding tert-OH is 1. The normalized spacial score (nSPS) is 11.3. The number of sulfonamides is 1. The molecule has 0 saturated carbocycles. The van der Waals surface area contributed by atoms with Crippen molar-refractivity contribution in [2.45, 2.75) is 4.90 Å². The van der Waals surface area contributed by atoms with Gasteiger partial charge < -0.3 is 30.9 Å². The van der Waals surface area contributed by atoms with E-state index in [-0.39, 0.29) is 60.9 Å². The van der Waals surface area contributed by atoms with Gasteiger partial charge in [-0.3, -0.25) is 4.79 Å². The van der Waals surface area contributed by atoms with E-state index >= 15 is 0 Å². The van der Waals surface area contributed by atoms with Crippen LogP contribution in [-0.4, -0.2) is 69.0 Å². The second-order valence-corrected chi connectivity index (χ2v) is 10.2. The summed E-state index contributed by atoms with van der Waals surface area (Å²) < 4.78 is 52.3. The molecule has 15 heteroatoms. The van der Waals surface area contributed by atoms with Crippen LogP contribution in [0.5, 0.6) is 0 Å². The first-order valence-electron chi connectivity index (χ1n) is 11.2. The Morgan fingerprint density at radius 2 is 1.76 bits per heavy atom. The number of rotatable bonds is 15.